The quantitative estimate of drug-likeness (QED) is 0.714. The van der Waals surface area contributed by atoms with Crippen molar-refractivity contribution in [1.82, 2.24) is 0 Å². The zero-order valence-electron chi connectivity index (χ0n) is 9.82. The standard InChI is InChI=1S/C13H22O3/c14-9-10-3-7-12(15)5-1-2-6-13(12)8-4-11(10)16-13/h10-11,14-15H,1-9H2/t10-,11+,12-,13-/m0/s1. The average Bonchev–Trinajstić information content (AvgIpc) is 2.64. The largest absolute Gasteiger partial charge is 0.396 e. The van der Waals surface area contributed by atoms with Gasteiger partial charge in [-0.1, -0.05) is 12.8 Å². The molecular formula is C13H22O3. The van der Waals surface area contributed by atoms with Crippen LogP contribution < -0.4 is 0 Å². The fourth-order valence-electron chi connectivity index (χ4n) is 4.10. The molecule has 3 nitrogen and oxygen atoms in total. The molecule has 2 N–H and O–H groups in total. The van der Waals surface area contributed by atoms with Crippen molar-refractivity contribution in [3.05, 3.63) is 0 Å². The molecule has 1 spiro atoms. The Morgan fingerprint density at radius 1 is 1.06 bits per heavy atom. The number of rotatable bonds is 1. The minimum absolute atomic E-state index is 0.192. The number of hydrogen-bond acceptors (Lipinski definition) is 3. The van der Waals surface area contributed by atoms with Crippen LogP contribution >= 0.6 is 0 Å². The molecule has 0 aromatic carbocycles. The summed E-state index contributed by atoms with van der Waals surface area (Å²) in [5, 5.41) is 20.2. The van der Waals surface area contributed by atoms with Crippen molar-refractivity contribution >= 4 is 0 Å². The summed E-state index contributed by atoms with van der Waals surface area (Å²) in [4.78, 5) is 0. The van der Waals surface area contributed by atoms with Gasteiger partial charge in [0.05, 0.1) is 17.3 Å². The Bertz CT molecular complexity index is 280. The van der Waals surface area contributed by atoms with Crippen molar-refractivity contribution in [2.45, 2.75) is 68.7 Å². The topological polar surface area (TPSA) is 49.7 Å². The molecule has 1 saturated carbocycles. The first kappa shape index (κ1) is 11.0. The highest BCUT2D eigenvalue weighted by atomic mass is 16.5. The molecule has 3 fully saturated rings. The Labute approximate surface area is 96.8 Å². The molecule has 0 radical (unpaired) electrons. The predicted molar refractivity (Wildman–Crippen MR) is 60.1 cm³/mol. The molecule has 16 heavy (non-hydrogen) atoms. The van der Waals surface area contributed by atoms with E-state index < -0.39 is 5.60 Å². The third-order valence-corrected chi connectivity index (χ3v) is 5.17. The van der Waals surface area contributed by atoms with Gasteiger partial charge in [-0.3, -0.25) is 0 Å². The van der Waals surface area contributed by atoms with Crippen molar-refractivity contribution in [3.8, 4) is 0 Å². The van der Waals surface area contributed by atoms with Crippen LogP contribution in [0.15, 0.2) is 0 Å². The van der Waals surface area contributed by atoms with E-state index in [1.807, 2.05) is 0 Å². The summed E-state index contributed by atoms with van der Waals surface area (Å²) >= 11 is 0. The van der Waals surface area contributed by atoms with Gasteiger partial charge in [-0.2, -0.15) is 0 Å². The summed E-state index contributed by atoms with van der Waals surface area (Å²) in [5.41, 5.74) is -0.871. The number of ether oxygens (including phenoxy) is 1. The second-order valence-corrected chi connectivity index (χ2v) is 5.91. The Hall–Kier alpha value is -0.120. The molecule has 0 aromatic heterocycles. The lowest BCUT2D eigenvalue weighted by molar-refractivity contribution is -0.191. The summed E-state index contributed by atoms with van der Waals surface area (Å²) in [6.07, 6.45) is 8.13. The molecule has 2 bridgehead atoms. The van der Waals surface area contributed by atoms with Crippen molar-refractivity contribution in [2.75, 3.05) is 6.61 Å². The lowest BCUT2D eigenvalue weighted by Gasteiger charge is -2.47. The maximum Gasteiger partial charge on any atom is 0.0972 e. The van der Waals surface area contributed by atoms with Crippen molar-refractivity contribution in [3.63, 3.8) is 0 Å². The van der Waals surface area contributed by atoms with E-state index in [9.17, 15) is 10.2 Å². The van der Waals surface area contributed by atoms with Gasteiger partial charge in [-0.25, -0.2) is 0 Å². The second-order valence-electron chi connectivity index (χ2n) is 5.91. The van der Waals surface area contributed by atoms with Gasteiger partial charge in [-0.15, -0.1) is 0 Å². The monoisotopic (exact) mass is 226 g/mol. The number of fused-ring (bicyclic) bond motifs is 1. The maximum absolute atomic E-state index is 10.9. The van der Waals surface area contributed by atoms with Gasteiger partial charge >= 0.3 is 0 Å². The zero-order valence-corrected chi connectivity index (χ0v) is 9.82. The minimum atomic E-state index is -0.607. The van der Waals surface area contributed by atoms with Crippen LogP contribution in [0.3, 0.4) is 0 Å². The molecule has 92 valence electrons. The van der Waals surface area contributed by atoms with Crippen LogP contribution in [0.2, 0.25) is 0 Å². The van der Waals surface area contributed by atoms with Gasteiger partial charge < -0.3 is 14.9 Å². The van der Waals surface area contributed by atoms with Crippen LogP contribution in [0.1, 0.15) is 51.4 Å². The van der Waals surface area contributed by atoms with E-state index in [2.05, 4.69) is 0 Å². The van der Waals surface area contributed by atoms with Crippen molar-refractivity contribution < 1.29 is 14.9 Å². The smallest absolute Gasteiger partial charge is 0.0972 e. The summed E-state index contributed by atoms with van der Waals surface area (Å²) in [7, 11) is 0. The van der Waals surface area contributed by atoms with Gasteiger partial charge in [0.1, 0.15) is 0 Å². The van der Waals surface area contributed by atoms with E-state index in [0.29, 0.717) is 0 Å². The Kier molecular flexibility index (Phi) is 2.54. The number of aliphatic hydroxyl groups is 2. The summed E-state index contributed by atoms with van der Waals surface area (Å²) in [5.74, 6) is 0.244. The first-order valence-corrected chi connectivity index (χ1v) is 6.70. The van der Waals surface area contributed by atoms with Crippen molar-refractivity contribution in [1.29, 1.82) is 0 Å². The predicted octanol–water partition coefficient (Wildman–Crippen LogP) is 1.61. The van der Waals surface area contributed by atoms with Crippen LogP contribution in [-0.4, -0.2) is 34.1 Å². The highest BCUT2D eigenvalue weighted by Gasteiger charge is 2.58. The van der Waals surface area contributed by atoms with E-state index >= 15 is 0 Å². The molecule has 0 amide bonds. The molecule has 4 atom stereocenters. The number of aliphatic hydroxyl groups excluding tert-OH is 1. The van der Waals surface area contributed by atoms with E-state index in [4.69, 9.17) is 4.74 Å². The van der Waals surface area contributed by atoms with Crippen LogP contribution in [0, 0.1) is 5.92 Å². The molecule has 1 aliphatic carbocycles. The van der Waals surface area contributed by atoms with E-state index in [1.54, 1.807) is 0 Å². The first-order valence-electron chi connectivity index (χ1n) is 6.70. The highest BCUT2D eigenvalue weighted by Crippen LogP contribution is 2.54. The fraction of sp³-hybridized carbons (Fsp3) is 1.00. The Morgan fingerprint density at radius 3 is 2.69 bits per heavy atom. The third-order valence-electron chi connectivity index (χ3n) is 5.17. The Balaban J connectivity index is 1.92. The highest BCUT2D eigenvalue weighted by molar-refractivity contribution is 5.09. The molecule has 2 saturated heterocycles. The molecule has 3 rings (SSSR count). The maximum atomic E-state index is 10.9. The van der Waals surface area contributed by atoms with E-state index in [1.165, 1.54) is 6.42 Å². The summed E-state index contributed by atoms with van der Waals surface area (Å²) < 4.78 is 6.21. The SMILES string of the molecule is OC[C@@H]1CC[C@@]2(O)CCCC[C@]23CC[C@H]1O3. The normalized spacial score (nSPS) is 52.1. The molecular weight excluding hydrogens is 204 g/mol. The van der Waals surface area contributed by atoms with Crippen LogP contribution in [-0.2, 0) is 4.74 Å². The molecule has 3 aliphatic rings. The zero-order chi connectivity index (χ0) is 11.2. The van der Waals surface area contributed by atoms with Gasteiger partial charge in [-0.05, 0) is 38.5 Å². The molecule has 2 aliphatic heterocycles. The van der Waals surface area contributed by atoms with Gasteiger partial charge in [0.25, 0.3) is 0 Å². The van der Waals surface area contributed by atoms with E-state index in [0.717, 1.165) is 44.9 Å². The summed E-state index contributed by atoms with van der Waals surface area (Å²) in [6.45, 7) is 0.205. The van der Waals surface area contributed by atoms with Crippen LogP contribution in [0.5, 0.6) is 0 Å². The minimum Gasteiger partial charge on any atom is -0.396 e. The van der Waals surface area contributed by atoms with Crippen molar-refractivity contribution in [2.24, 2.45) is 5.92 Å². The molecule has 3 heteroatoms. The molecule has 0 unspecified atom stereocenters. The lowest BCUT2D eigenvalue weighted by Crippen LogP contribution is -2.55. The lowest BCUT2D eigenvalue weighted by atomic mass is 9.67. The Morgan fingerprint density at radius 2 is 1.88 bits per heavy atom. The average molecular weight is 226 g/mol. The van der Waals surface area contributed by atoms with Crippen LogP contribution in [0.25, 0.3) is 0 Å². The molecule has 0 aromatic rings. The fourth-order valence-corrected chi connectivity index (χ4v) is 4.10. The van der Waals surface area contributed by atoms with Gasteiger partial charge in [0.15, 0.2) is 0 Å². The van der Waals surface area contributed by atoms with E-state index in [-0.39, 0.29) is 24.2 Å². The molecule has 2 heterocycles. The first-order chi connectivity index (χ1) is 7.69. The van der Waals surface area contributed by atoms with Crippen LogP contribution in [0.4, 0.5) is 0 Å². The number of hydrogen-bond donors (Lipinski definition) is 2. The second kappa shape index (κ2) is 3.69. The summed E-state index contributed by atoms with van der Waals surface area (Å²) in [6, 6.07) is 0. The third kappa shape index (κ3) is 1.38. The van der Waals surface area contributed by atoms with Gasteiger partial charge in [0.2, 0.25) is 0 Å². The van der Waals surface area contributed by atoms with Gasteiger partial charge in [0, 0.05) is 12.5 Å².